The number of nitrogens with zero attached hydrogens (tertiary/aromatic N) is 2. The molecule has 0 bridgehead atoms. The van der Waals surface area contributed by atoms with Crippen LogP contribution in [0.4, 0.5) is 4.39 Å². The van der Waals surface area contributed by atoms with E-state index < -0.39 is 11.8 Å². The van der Waals surface area contributed by atoms with Crippen molar-refractivity contribution in [2.75, 3.05) is 13.1 Å². The van der Waals surface area contributed by atoms with Gasteiger partial charge in [-0.1, -0.05) is 6.07 Å². The number of carboxylic acids is 1. The van der Waals surface area contributed by atoms with Crippen molar-refractivity contribution in [3.63, 3.8) is 0 Å². The van der Waals surface area contributed by atoms with Gasteiger partial charge in [-0.3, -0.25) is 9.89 Å². The van der Waals surface area contributed by atoms with Crippen molar-refractivity contribution in [3.05, 3.63) is 52.1 Å². The summed E-state index contributed by atoms with van der Waals surface area (Å²) in [5.74, 6) is -1.79. The molecule has 26 heavy (non-hydrogen) atoms. The molecular formula is C19H20FN3O3. The van der Waals surface area contributed by atoms with E-state index in [4.69, 9.17) is 5.11 Å². The lowest BCUT2D eigenvalue weighted by Gasteiger charge is -2.16. The van der Waals surface area contributed by atoms with Crippen LogP contribution in [0.15, 0.2) is 18.2 Å². The molecule has 1 unspecified atom stereocenters. The van der Waals surface area contributed by atoms with Gasteiger partial charge >= 0.3 is 5.97 Å². The molecule has 0 radical (unpaired) electrons. The summed E-state index contributed by atoms with van der Waals surface area (Å²) in [6, 6.07) is 4.21. The van der Waals surface area contributed by atoms with Crippen LogP contribution in [0.25, 0.3) is 0 Å². The summed E-state index contributed by atoms with van der Waals surface area (Å²) in [6.07, 6.45) is 4.39. The van der Waals surface area contributed by atoms with Gasteiger partial charge in [-0.05, 0) is 55.7 Å². The topological polar surface area (TPSA) is 86.3 Å². The van der Waals surface area contributed by atoms with E-state index in [1.54, 1.807) is 6.07 Å². The van der Waals surface area contributed by atoms with Crippen LogP contribution in [-0.2, 0) is 19.3 Å². The number of fused-ring (bicyclic) bond motifs is 1. The van der Waals surface area contributed by atoms with E-state index >= 15 is 0 Å². The van der Waals surface area contributed by atoms with E-state index in [9.17, 15) is 14.0 Å². The highest BCUT2D eigenvalue weighted by Gasteiger charge is 2.31. The molecule has 0 spiro atoms. The van der Waals surface area contributed by atoms with Gasteiger partial charge in [-0.15, -0.1) is 0 Å². The van der Waals surface area contributed by atoms with E-state index in [1.807, 2.05) is 4.90 Å². The standard InChI is InChI=1S/C19H20FN3O3/c20-15-5-4-11(9-14(15)19(25)26)8-12-6-7-23(10-12)18(24)17-13-2-1-3-16(13)21-22-17/h4-5,9,12H,1-3,6-8,10H2,(H,21,22)(H,25,26). The highest BCUT2D eigenvalue weighted by Crippen LogP contribution is 2.27. The molecule has 1 saturated heterocycles. The average Bonchev–Trinajstić information content (AvgIpc) is 3.32. The third-order valence-electron chi connectivity index (χ3n) is 5.37. The summed E-state index contributed by atoms with van der Waals surface area (Å²) in [5, 5.41) is 16.2. The van der Waals surface area contributed by atoms with Gasteiger partial charge < -0.3 is 10.0 Å². The Hall–Kier alpha value is -2.70. The van der Waals surface area contributed by atoms with Gasteiger partial charge in [-0.2, -0.15) is 5.10 Å². The Labute approximate surface area is 150 Å². The quantitative estimate of drug-likeness (QED) is 0.880. The second-order valence-corrected chi connectivity index (χ2v) is 7.11. The zero-order chi connectivity index (χ0) is 18.3. The predicted molar refractivity (Wildman–Crippen MR) is 91.7 cm³/mol. The summed E-state index contributed by atoms with van der Waals surface area (Å²) in [7, 11) is 0. The van der Waals surface area contributed by atoms with E-state index in [-0.39, 0.29) is 17.4 Å². The Morgan fingerprint density at radius 3 is 3.00 bits per heavy atom. The Bertz CT molecular complexity index is 877. The monoisotopic (exact) mass is 357 g/mol. The minimum Gasteiger partial charge on any atom is -0.478 e. The van der Waals surface area contributed by atoms with Crippen molar-refractivity contribution in [2.24, 2.45) is 5.92 Å². The third kappa shape index (κ3) is 2.98. The molecule has 7 heteroatoms. The number of H-pyrrole nitrogens is 1. The Balaban J connectivity index is 1.43. The molecule has 6 nitrogen and oxygen atoms in total. The Morgan fingerprint density at radius 1 is 1.35 bits per heavy atom. The van der Waals surface area contributed by atoms with Crippen LogP contribution in [-0.4, -0.2) is 45.2 Å². The number of carboxylic acid groups (broad SMARTS) is 1. The second-order valence-electron chi connectivity index (χ2n) is 7.11. The number of carbonyl (C=O) groups excluding carboxylic acids is 1. The number of carbonyl (C=O) groups is 2. The molecule has 1 aliphatic carbocycles. The van der Waals surface area contributed by atoms with Crippen LogP contribution < -0.4 is 0 Å². The number of nitrogens with one attached hydrogen (secondary N) is 1. The molecule has 1 fully saturated rings. The number of aryl methyl sites for hydroxylation is 1. The Kier molecular flexibility index (Phi) is 4.22. The molecule has 1 amide bonds. The summed E-state index contributed by atoms with van der Waals surface area (Å²) < 4.78 is 13.5. The first kappa shape index (κ1) is 16.8. The van der Waals surface area contributed by atoms with Crippen molar-refractivity contribution in [2.45, 2.75) is 32.1 Å². The normalized spacial score (nSPS) is 19.0. The lowest BCUT2D eigenvalue weighted by molar-refractivity contribution is 0.0691. The zero-order valence-electron chi connectivity index (χ0n) is 14.3. The van der Waals surface area contributed by atoms with Crippen molar-refractivity contribution < 1.29 is 19.1 Å². The first-order chi connectivity index (χ1) is 12.5. The fourth-order valence-electron chi connectivity index (χ4n) is 4.03. The van der Waals surface area contributed by atoms with Crippen LogP contribution in [0, 0.1) is 11.7 Å². The molecule has 1 aromatic carbocycles. The van der Waals surface area contributed by atoms with Crippen LogP contribution in [0.5, 0.6) is 0 Å². The molecule has 2 aliphatic rings. The number of hydrogen-bond donors (Lipinski definition) is 2. The second kappa shape index (κ2) is 6.55. The minimum atomic E-state index is -1.26. The van der Waals surface area contributed by atoms with Crippen molar-refractivity contribution in [3.8, 4) is 0 Å². The first-order valence-corrected chi connectivity index (χ1v) is 8.90. The first-order valence-electron chi connectivity index (χ1n) is 8.90. The lowest BCUT2D eigenvalue weighted by Crippen LogP contribution is -2.30. The number of rotatable bonds is 4. The zero-order valence-corrected chi connectivity index (χ0v) is 14.3. The molecule has 136 valence electrons. The maximum absolute atomic E-state index is 13.5. The molecule has 1 aromatic heterocycles. The van der Waals surface area contributed by atoms with Crippen LogP contribution in [0.2, 0.25) is 0 Å². The van der Waals surface area contributed by atoms with Crippen molar-refractivity contribution >= 4 is 11.9 Å². The fraction of sp³-hybridized carbons (Fsp3) is 0.421. The van der Waals surface area contributed by atoms with Crippen LogP contribution in [0.1, 0.15) is 50.5 Å². The smallest absolute Gasteiger partial charge is 0.338 e. The maximum Gasteiger partial charge on any atom is 0.338 e. The molecule has 0 saturated carbocycles. The fourth-order valence-corrected chi connectivity index (χ4v) is 4.03. The molecule has 2 heterocycles. The van der Waals surface area contributed by atoms with Crippen LogP contribution in [0.3, 0.4) is 0 Å². The van der Waals surface area contributed by atoms with Gasteiger partial charge in [-0.25, -0.2) is 9.18 Å². The predicted octanol–water partition coefficient (Wildman–Crippen LogP) is 2.44. The largest absolute Gasteiger partial charge is 0.478 e. The average molecular weight is 357 g/mol. The number of amides is 1. The lowest BCUT2D eigenvalue weighted by atomic mass is 9.97. The summed E-state index contributed by atoms with van der Waals surface area (Å²) in [5.41, 5.74) is 3.16. The molecular weight excluding hydrogens is 337 g/mol. The van der Waals surface area contributed by atoms with E-state index in [0.717, 1.165) is 42.5 Å². The number of hydrogen-bond acceptors (Lipinski definition) is 3. The number of aromatic carboxylic acids is 1. The van der Waals surface area contributed by atoms with Gasteiger partial charge in [0.05, 0.1) is 5.56 Å². The third-order valence-corrected chi connectivity index (χ3v) is 5.37. The number of likely N-dealkylation sites (tertiary alicyclic amines) is 1. The number of benzene rings is 1. The molecule has 2 aromatic rings. The SMILES string of the molecule is O=C(O)c1cc(CC2CCN(C(=O)c3n[nH]c4c3CCC4)C2)ccc1F. The molecule has 1 atom stereocenters. The van der Waals surface area contributed by atoms with Gasteiger partial charge in [0.1, 0.15) is 5.82 Å². The highest BCUT2D eigenvalue weighted by atomic mass is 19.1. The van der Waals surface area contributed by atoms with Crippen molar-refractivity contribution in [1.82, 2.24) is 15.1 Å². The maximum atomic E-state index is 13.5. The van der Waals surface area contributed by atoms with E-state index in [2.05, 4.69) is 10.2 Å². The van der Waals surface area contributed by atoms with Crippen LogP contribution >= 0.6 is 0 Å². The van der Waals surface area contributed by atoms with Gasteiger partial charge in [0, 0.05) is 24.3 Å². The summed E-state index contributed by atoms with van der Waals surface area (Å²) >= 11 is 0. The summed E-state index contributed by atoms with van der Waals surface area (Å²) in [4.78, 5) is 25.7. The Morgan fingerprint density at radius 2 is 2.19 bits per heavy atom. The van der Waals surface area contributed by atoms with Crippen molar-refractivity contribution in [1.29, 1.82) is 0 Å². The molecule has 4 rings (SSSR count). The molecule has 1 aliphatic heterocycles. The highest BCUT2D eigenvalue weighted by molar-refractivity contribution is 5.94. The summed E-state index contributed by atoms with van der Waals surface area (Å²) in [6.45, 7) is 1.28. The number of halogens is 1. The van der Waals surface area contributed by atoms with E-state index in [0.29, 0.717) is 25.2 Å². The number of aromatic nitrogens is 2. The minimum absolute atomic E-state index is 0.0303. The van der Waals surface area contributed by atoms with Gasteiger partial charge in [0.25, 0.3) is 5.91 Å². The van der Waals surface area contributed by atoms with E-state index in [1.165, 1.54) is 12.1 Å². The van der Waals surface area contributed by atoms with Gasteiger partial charge in [0.15, 0.2) is 5.69 Å². The molecule has 2 N–H and O–H groups in total. The number of aromatic amines is 1. The van der Waals surface area contributed by atoms with Gasteiger partial charge in [0.2, 0.25) is 0 Å².